The van der Waals surface area contributed by atoms with Crippen LogP contribution in [0, 0.1) is 12.0 Å². The number of nitrogens with two attached hydrogens (primary N) is 1. The molecule has 0 aromatic carbocycles. The molecule has 0 saturated heterocycles. The van der Waals surface area contributed by atoms with Crippen LogP contribution < -0.4 is 5.73 Å². The minimum atomic E-state index is 0.0150. The zero-order chi connectivity index (χ0) is 8.10. The standard InChI is InChI=1S/C8H9N3/c1-7(3-4-9)8-10-5-2-6-11-8/h2,5-7H,9H2,1H3. The molecule has 0 aliphatic carbocycles. The fraction of sp³-hybridized carbons (Fsp3) is 0.250. The highest BCUT2D eigenvalue weighted by atomic mass is 14.9. The second kappa shape index (κ2) is 3.57. The summed E-state index contributed by atoms with van der Waals surface area (Å²) in [4.78, 5) is 8.06. The lowest BCUT2D eigenvalue weighted by atomic mass is 10.2. The molecular formula is C8H9N3. The Kier molecular flexibility index (Phi) is 2.45. The van der Waals surface area contributed by atoms with Crippen LogP contribution in [0.25, 0.3) is 0 Å². The van der Waals surface area contributed by atoms with Gasteiger partial charge in [-0.3, -0.25) is 0 Å². The second-order valence-electron chi connectivity index (χ2n) is 2.12. The fourth-order valence-electron chi connectivity index (χ4n) is 0.724. The van der Waals surface area contributed by atoms with Gasteiger partial charge in [-0.2, -0.15) is 0 Å². The summed E-state index contributed by atoms with van der Waals surface area (Å²) >= 11 is 0. The summed E-state index contributed by atoms with van der Waals surface area (Å²) < 4.78 is 0. The summed E-state index contributed by atoms with van der Waals surface area (Å²) in [6.07, 6.45) is 3.38. The maximum atomic E-state index is 5.05. The third-order valence-corrected chi connectivity index (χ3v) is 1.27. The van der Waals surface area contributed by atoms with Gasteiger partial charge in [0.25, 0.3) is 0 Å². The van der Waals surface area contributed by atoms with Crippen molar-refractivity contribution in [2.75, 3.05) is 0 Å². The van der Waals surface area contributed by atoms with E-state index in [9.17, 15) is 0 Å². The fourth-order valence-corrected chi connectivity index (χ4v) is 0.724. The predicted molar refractivity (Wildman–Crippen MR) is 42.4 cm³/mol. The summed E-state index contributed by atoms with van der Waals surface area (Å²) in [5.74, 6) is 3.49. The van der Waals surface area contributed by atoms with Crippen LogP contribution >= 0.6 is 0 Å². The molecule has 1 aromatic heterocycles. The first-order chi connectivity index (χ1) is 5.34. The highest BCUT2D eigenvalue weighted by Crippen LogP contribution is 2.05. The number of aromatic nitrogens is 2. The minimum Gasteiger partial charge on any atom is -0.359 e. The van der Waals surface area contributed by atoms with E-state index in [2.05, 4.69) is 21.9 Å². The maximum Gasteiger partial charge on any atom is 0.142 e. The number of nitrogens with zero attached hydrogens (tertiary/aromatic N) is 2. The maximum absolute atomic E-state index is 5.05. The second-order valence-corrected chi connectivity index (χ2v) is 2.12. The van der Waals surface area contributed by atoms with Crippen molar-refractivity contribution in [3.63, 3.8) is 0 Å². The Morgan fingerprint density at radius 3 is 2.64 bits per heavy atom. The summed E-state index contributed by atoms with van der Waals surface area (Å²) in [6, 6.07) is 4.11. The molecule has 1 heterocycles. The van der Waals surface area contributed by atoms with Crippen molar-refractivity contribution in [1.29, 1.82) is 0 Å². The Morgan fingerprint density at radius 2 is 2.09 bits per heavy atom. The zero-order valence-corrected chi connectivity index (χ0v) is 6.28. The first-order valence-corrected chi connectivity index (χ1v) is 3.32. The van der Waals surface area contributed by atoms with E-state index < -0.39 is 0 Å². The van der Waals surface area contributed by atoms with Crippen molar-refractivity contribution >= 4 is 0 Å². The van der Waals surface area contributed by atoms with E-state index in [4.69, 9.17) is 5.73 Å². The largest absolute Gasteiger partial charge is 0.359 e. The predicted octanol–water partition coefficient (Wildman–Crippen LogP) is 0.500. The van der Waals surface area contributed by atoms with Crippen LogP contribution in [0.1, 0.15) is 18.7 Å². The van der Waals surface area contributed by atoms with Gasteiger partial charge in [-0.1, -0.05) is 5.92 Å². The molecule has 3 nitrogen and oxygen atoms in total. The first kappa shape index (κ1) is 7.55. The van der Waals surface area contributed by atoms with E-state index in [0.717, 1.165) is 0 Å². The SMILES string of the molecule is CC(C#CN)c1ncccn1. The molecular weight excluding hydrogens is 138 g/mol. The van der Waals surface area contributed by atoms with Gasteiger partial charge in [0.05, 0.1) is 5.92 Å². The molecule has 0 aliphatic rings. The Hall–Kier alpha value is -1.56. The van der Waals surface area contributed by atoms with E-state index in [1.807, 2.05) is 6.92 Å². The lowest BCUT2D eigenvalue weighted by molar-refractivity contribution is 0.863. The normalized spacial score (nSPS) is 11.4. The van der Waals surface area contributed by atoms with Crippen LogP contribution in [0.2, 0.25) is 0 Å². The van der Waals surface area contributed by atoms with Gasteiger partial charge in [-0.15, -0.1) is 0 Å². The summed E-state index contributed by atoms with van der Waals surface area (Å²) in [6.45, 7) is 1.91. The van der Waals surface area contributed by atoms with E-state index in [-0.39, 0.29) is 5.92 Å². The van der Waals surface area contributed by atoms with Crippen LogP contribution in [-0.4, -0.2) is 9.97 Å². The first-order valence-electron chi connectivity index (χ1n) is 3.32. The molecule has 0 spiro atoms. The van der Waals surface area contributed by atoms with E-state index in [1.54, 1.807) is 18.5 Å². The van der Waals surface area contributed by atoms with Crippen molar-refractivity contribution < 1.29 is 0 Å². The smallest absolute Gasteiger partial charge is 0.142 e. The van der Waals surface area contributed by atoms with Gasteiger partial charge in [-0.05, 0) is 13.0 Å². The lowest BCUT2D eigenvalue weighted by Crippen LogP contribution is -1.97. The van der Waals surface area contributed by atoms with Crippen LogP contribution in [0.15, 0.2) is 18.5 Å². The molecule has 1 atom stereocenters. The van der Waals surface area contributed by atoms with Gasteiger partial charge in [0, 0.05) is 18.4 Å². The molecule has 0 radical (unpaired) electrons. The molecule has 0 saturated carbocycles. The van der Waals surface area contributed by atoms with Crippen LogP contribution in [-0.2, 0) is 0 Å². The highest BCUT2D eigenvalue weighted by molar-refractivity contribution is 5.12. The molecule has 1 rings (SSSR count). The van der Waals surface area contributed by atoms with Gasteiger partial charge in [0.15, 0.2) is 0 Å². The number of hydrogen-bond donors (Lipinski definition) is 1. The lowest BCUT2D eigenvalue weighted by Gasteiger charge is -1.98. The summed E-state index contributed by atoms with van der Waals surface area (Å²) in [5, 5.41) is 0. The molecule has 11 heavy (non-hydrogen) atoms. The van der Waals surface area contributed by atoms with E-state index in [0.29, 0.717) is 5.82 Å². The molecule has 2 N–H and O–H groups in total. The van der Waals surface area contributed by atoms with Crippen molar-refractivity contribution in [2.24, 2.45) is 5.73 Å². The van der Waals surface area contributed by atoms with Crippen LogP contribution in [0.5, 0.6) is 0 Å². The molecule has 56 valence electrons. The van der Waals surface area contributed by atoms with Gasteiger partial charge < -0.3 is 5.73 Å². The molecule has 0 fully saturated rings. The Bertz CT molecular complexity index is 270. The Morgan fingerprint density at radius 1 is 1.45 bits per heavy atom. The van der Waals surface area contributed by atoms with Crippen molar-refractivity contribution in [2.45, 2.75) is 12.8 Å². The van der Waals surface area contributed by atoms with E-state index in [1.165, 1.54) is 0 Å². The van der Waals surface area contributed by atoms with Gasteiger partial charge in [0.1, 0.15) is 5.82 Å². The molecule has 0 aliphatic heterocycles. The topological polar surface area (TPSA) is 51.8 Å². The van der Waals surface area contributed by atoms with Crippen LogP contribution in [0.3, 0.4) is 0 Å². The average molecular weight is 147 g/mol. The molecule has 1 unspecified atom stereocenters. The third kappa shape index (κ3) is 1.94. The summed E-state index contributed by atoms with van der Waals surface area (Å²) in [7, 11) is 0. The Labute approximate surface area is 65.7 Å². The number of rotatable bonds is 1. The molecule has 0 bridgehead atoms. The Balaban J connectivity index is 2.82. The monoisotopic (exact) mass is 147 g/mol. The quantitative estimate of drug-likeness (QED) is 0.465. The highest BCUT2D eigenvalue weighted by Gasteiger charge is 2.01. The van der Waals surface area contributed by atoms with E-state index >= 15 is 0 Å². The van der Waals surface area contributed by atoms with Gasteiger partial charge >= 0.3 is 0 Å². The van der Waals surface area contributed by atoms with Crippen LogP contribution in [0.4, 0.5) is 0 Å². The minimum absolute atomic E-state index is 0.0150. The van der Waals surface area contributed by atoms with Crippen molar-refractivity contribution in [1.82, 2.24) is 9.97 Å². The zero-order valence-electron chi connectivity index (χ0n) is 6.28. The van der Waals surface area contributed by atoms with Gasteiger partial charge in [-0.25, -0.2) is 9.97 Å². The van der Waals surface area contributed by atoms with Gasteiger partial charge in [0.2, 0.25) is 0 Å². The average Bonchev–Trinajstić information content (AvgIpc) is 2.07. The molecule has 1 aromatic rings. The summed E-state index contributed by atoms with van der Waals surface area (Å²) in [5.41, 5.74) is 5.05. The van der Waals surface area contributed by atoms with Crippen molar-refractivity contribution in [3.05, 3.63) is 24.3 Å². The third-order valence-electron chi connectivity index (χ3n) is 1.27. The molecule has 3 heteroatoms. The van der Waals surface area contributed by atoms with Crippen molar-refractivity contribution in [3.8, 4) is 12.0 Å². The molecule has 0 amide bonds. The number of hydrogen-bond acceptors (Lipinski definition) is 3.